The fourth-order valence-electron chi connectivity index (χ4n) is 3.80. The van der Waals surface area contributed by atoms with Crippen LogP contribution in [0.2, 0.25) is 0 Å². The van der Waals surface area contributed by atoms with Gasteiger partial charge in [0.05, 0.1) is 36.5 Å². The van der Waals surface area contributed by atoms with E-state index in [9.17, 15) is 23.6 Å². The number of hydrogen-bond acceptors (Lipinski definition) is 6. The van der Waals surface area contributed by atoms with Gasteiger partial charge in [-0.05, 0) is 67.6 Å². The molecule has 1 saturated heterocycles. The predicted octanol–water partition coefficient (Wildman–Crippen LogP) is 3.76. The highest BCUT2D eigenvalue weighted by molar-refractivity contribution is 6.22. The first-order valence-corrected chi connectivity index (χ1v) is 11.2. The molecule has 3 aromatic rings. The van der Waals surface area contributed by atoms with Crippen molar-refractivity contribution in [2.24, 2.45) is 0 Å². The zero-order valence-electron chi connectivity index (χ0n) is 19.4. The van der Waals surface area contributed by atoms with Gasteiger partial charge in [0.25, 0.3) is 5.91 Å². The van der Waals surface area contributed by atoms with Crippen LogP contribution in [0.3, 0.4) is 0 Å². The summed E-state index contributed by atoms with van der Waals surface area (Å²) in [5.74, 6) is -2.09. The average molecular weight is 490 g/mol. The standard InChI is InChI=1S/C26H23FN4O5/c1-2-36-25(34)17-6-10-19(11-7-17)29-23(32)15-22-24(33)31(21-12-8-18(27)9-13-21)26(35)30(22)16-20-5-3-4-14-28-20/h3-14,22H,2,15-16H2,1H3,(H,29,32)/t22-/m0/s1. The molecule has 10 heteroatoms. The van der Waals surface area contributed by atoms with E-state index in [0.29, 0.717) is 16.9 Å². The summed E-state index contributed by atoms with van der Waals surface area (Å²) >= 11 is 0. The molecule has 1 aromatic heterocycles. The Morgan fingerprint density at radius 1 is 1.03 bits per heavy atom. The van der Waals surface area contributed by atoms with Gasteiger partial charge in [-0.1, -0.05) is 6.07 Å². The topological polar surface area (TPSA) is 109 Å². The highest BCUT2D eigenvalue weighted by Crippen LogP contribution is 2.28. The second-order valence-electron chi connectivity index (χ2n) is 7.95. The molecule has 184 valence electrons. The summed E-state index contributed by atoms with van der Waals surface area (Å²) in [6.45, 7) is 1.96. The van der Waals surface area contributed by atoms with Crippen molar-refractivity contribution in [3.8, 4) is 0 Å². The molecule has 1 aliphatic rings. The fourth-order valence-corrected chi connectivity index (χ4v) is 3.80. The van der Waals surface area contributed by atoms with Crippen molar-refractivity contribution in [3.05, 3.63) is 90.0 Å². The van der Waals surface area contributed by atoms with Gasteiger partial charge in [-0.3, -0.25) is 14.6 Å². The van der Waals surface area contributed by atoms with Crippen LogP contribution in [0.4, 0.5) is 20.6 Å². The monoisotopic (exact) mass is 490 g/mol. The first kappa shape index (κ1) is 24.5. The molecule has 0 radical (unpaired) electrons. The lowest BCUT2D eigenvalue weighted by Gasteiger charge is -2.21. The molecule has 36 heavy (non-hydrogen) atoms. The van der Waals surface area contributed by atoms with E-state index >= 15 is 0 Å². The van der Waals surface area contributed by atoms with Crippen molar-refractivity contribution in [2.75, 3.05) is 16.8 Å². The highest BCUT2D eigenvalue weighted by Gasteiger charge is 2.46. The maximum absolute atomic E-state index is 13.4. The van der Waals surface area contributed by atoms with E-state index < -0.39 is 35.7 Å². The lowest BCUT2D eigenvalue weighted by atomic mass is 10.1. The lowest BCUT2D eigenvalue weighted by molar-refractivity contribution is -0.124. The number of benzene rings is 2. The molecule has 0 aliphatic carbocycles. The van der Waals surface area contributed by atoms with Gasteiger partial charge in [-0.15, -0.1) is 0 Å². The van der Waals surface area contributed by atoms with Gasteiger partial charge < -0.3 is 15.0 Å². The molecule has 0 spiro atoms. The van der Waals surface area contributed by atoms with Crippen molar-refractivity contribution in [1.82, 2.24) is 9.88 Å². The Morgan fingerprint density at radius 3 is 2.39 bits per heavy atom. The maximum atomic E-state index is 13.4. The summed E-state index contributed by atoms with van der Waals surface area (Å²) in [5, 5.41) is 2.68. The molecule has 4 amide bonds. The Labute approximate surface area is 206 Å². The van der Waals surface area contributed by atoms with Gasteiger partial charge in [0.15, 0.2) is 0 Å². The molecule has 0 bridgehead atoms. The van der Waals surface area contributed by atoms with Crippen molar-refractivity contribution < 1.29 is 28.3 Å². The first-order valence-electron chi connectivity index (χ1n) is 11.2. The number of nitrogens with one attached hydrogen (secondary N) is 1. The number of halogens is 1. The Kier molecular flexibility index (Phi) is 7.33. The smallest absolute Gasteiger partial charge is 0.338 e. The third-order valence-electron chi connectivity index (χ3n) is 5.52. The Balaban J connectivity index is 1.53. The molecular weight excluding hydrogens is 467 g/mol. The van der Waals surface area contributed by atoms with Gasteiger partial charge in [0, 0.05) is 11.9 Å². The first-order chi connectivity index (χ1) is 17.4. The molecule has 2 aromatic carbocycles. The molecular formula is C26H23FN4O5. The molecule has 0 saturated carbocycles. The normalized spacial score (nSPS) is 15.2. The third kappa shape index (κ3) is 5.38. The van der Waals surface area contributed by atoms with Gasteiger partial charge in [-0.2, -0.15) is 0 Å². The van der Waals surface area contributed by atoms with Gasteiger partial charge >= 0.3 is 12.0 Å². The van der Waals surface area contributed by atoms with Gasteiger partial charge in [-0.25, -0.2) is 18.9 Å². The van der Waals surface area contributed by atoms with Gasteiger partial charge in [0.1, 0.15) is 11.9 Å². The van der Waals surface area contributed by atoms with Crippen LogP contribution < -0.4 is 10.2 Å². The van der Waals surface area contributed by atoms with Crippen LogP contribution in [0.15, 0.2) is 72.9 Å². The summed E-state index contributed by atoms with van der Waals surface area (Å²) < 4.78 is 18.4. The lowest BCUT2D eigenvalue weighted by Crippen LogP contribution is -2.37. The minimum Gasteiger partial charge on any atom is -0.462 e. The van der Waals surface area contributed by atoms with Crippen LogP contribution in [0.5, 0.6) is 0 Å². The van der Waals surface area contributed by atoms with Gasteiger partial charge in [0.2, 0.25) is 5.91 Å². The summed E-state index contributed by atoms with van der Waals surface area (Å²) in [6, 6.07) is 14.5. The Morgan fingerprint density at radius 2 is 1.75 bits per heavy atom. The number of amides is 4. The minimum absolute atomic E-state index is 0.00922. The van der Waals surface area contributed by atoms with E-state index in [-0.39, 0.29) is 25.3 Å². The van der Waals surface area contributed by atoms with E-state index in [1.807, 2.05) is 0 Å². The van der Waals surface area contributed by atoms with E-state index in [4.69, 9.17) is 4.74 Å². The molecule has 1 atom stereocenters. The molecule has 1 N–H and O–H groups in total. The predicted molar refractivity (Wildman–Crippen MR) is 128 cm³/mol. The van der Waals surface area contributed by atoms with Crippen molar-refractivity contribution in [1.29, 1.82) is 0 Å². The minimum atomic E-state index is -1.09. The largest absolute Gasteiger partial charge is 0.462 e. The average Bonchev–Trinajstić information content (AvgIpc) is 3.09. The number of pyridine rings is 1. The SMILES string of the molecule is CCOC(=O)c1ccc(NC(=O)C[C@H]2C(=O)N(c3ccc(F)cc3)C(=O)N2Cc2ccccn2)cc1. The van der Waals surface area contributed by atoms with Crippen molar-refractivity contribution in [2.45, 2.75) is 25.9 Å². The third-order valence-corrected chi connectivity index (χ3v) is 5.52. The second kappa shape index (κ2) is 10.8. The Hall–Kier alpha value is -4.60. The summed E-state index contributed by atoms with van der Waals surface area (Å²) in [6.07, 6.45) is 1.26. The number of carbonyl (C=O) groups is 4. The van der Waals surface area contributed by atoms with E-state index in [2.05, 4.69) is 10.3 Å². The number of rotatable bonds is 8. The van der Waals surface area contributed by atoms with Crippen LogP contribution in [0, 0.1) is 5.82 Å². The van der Waals surface area contributed by atoms with Crippen molar-refractivity contribution >= 4 is 35.2 Å². The van der Waals surface area contributed by atoms with E-state index in [0.717, 1.165) is 17.0 Å². The Bertz CT molecular complexity index is 1270. The van der Waals surface area contributed by atoms with E-state index in [1.165, 1.54) is 29.2 Å². The highest BCUT2D eigenvalue weighted by atomic mass is 19.1. The number of aromatic nitrogens is 1. The summed E-state index contributed by atoms with van der Waals surface area (Å²) in [7, 11) is 0. The summed E-state index contributed by atoms with van der Waals surface area (Å²) in [5.41, 5.74) is 1.49. The van der Waals surface area contributed by atoms with Crippen LogP contribution >= 0.6 is 0 Å². The molecule has 2 heterocycles. The zero-order chi connectivity index (χ0) is 25.7. The van der Waals surface area contributed by atoms with Crippen LogP contribution in [-0.4, -0.2) is 46.3 Å². The molecule has 1 fully saturated rings. The fraction of sp³-hybridized carbons (Fsp3) is 0.192. The molecule has 4 rings (SSSR count). The number of ether oxygens (including phenoxy) is 1. The molecule has 1 aliphatic heterocycles. The molecule has 0 unspecified atom stereocenters. The quantitative estimate of drug-likeness (QED) is 0.380. The number of hydrogen-bond donors (Lipinski definition) is 1. The van der Waals surface area contributed by atoms with Crippen LogP contribution in [0.1, 0.15) is 29.4 Å². The number of imide groups is 1. The number of anilines is 2. The zero-order valence-corrected chi connectivity index (χ0v) is 19.4. The second-order valence-corrected chi connectivity index (χ2v) is 7.95. The number of nitrogens with zero attached hydrogens (tertiary/aromatic N) is 3. The van der Waals surface area contributed by atoms with E-state index in [1.54, 1.807) is 43.5 Å². The van der Waals surface area contributed by atoms with Crippen LogP contribution in [0.25, 0.3) is 0 Å². The van der Waals surface area contributed by atoms with Crippen molar-refractivity contribution in [3.63, 3.8) is 0 Å². The molecule has 9 nitrogen and oxygen atoms in total. The number of urea groups is 1. The number of esters is 1. The maximum Gasteiger partial charge on any atom is 0.338 e. The number of carbonyl (C=O) groups excluding carboxylic acids is 4. The summed E-state index contributed by atoms with van der Waals surface area (Å²) in [4.78, 5) is 57.6. The van der Waals surface area contributed by atoms with Crippen LogP contribution in [-0.2, 0) is 20.9 Å².